The van der Waals surface area contributed by atoms with E-state index in [0.29, 0.717) is 24.4 Å². The second-order valence-corrected chi connectivity index (χ2v) is 7.03. The van der Waals surface area contributed by atoms with Crippen molar-refractivity contribution >= 4 is 11.8 Å². The molecule has 2 aromatic heterocycles. The fourth-order valence-electron chi connectivity index (χ4n) is 4.05. The second-order valence-electron chi connectivity index (χ2n) is 7.03. The van der Waals surface area contributed by atoms with E-state index >= 15 is 0 Å². The van der Waals surface area contributed by atoms with Gasteiger partial charge in [0, 0.05) is 44.0 Å². The van der Waals surface area contributed by atoms with Gasteiger partial charge in [0.05, 0.1) is 11.8 Å². The Hall–Kier alpha value is -2.63. The molecular formula is C19H21N3O3. The Labute approximate surface area is 146 Å². The summed E-state index contributed by atoms with van der Waals surface area (Å²) >= 11 is 0. The van der Waals surface area contributed by atoms with Crippen LogP contribution >= 0.6 is 0 Å². The van der Waals surface area contributed by atoms with Crippen molar-refractivity contribution in [2.45, 2.75) is 19.3 Å². The lowest BCUT2D eigenvalue weighted by atomic mass is 9.79. The van der Waals surface area contributed by atoms with Crippen LogP contribution in [0, 0.1) is 5.41 Å². The van der Waals surface area contributed by atoms with Crippen LogP contribution < -0.4 is 0 Å². The van der Waals surface area contributed by atoms with Gasteiger partial charge in [-0.3, -0.25) is 14.6 Å². The zero-order chi connectivity index (χ0) is 17.3. The van der Waals surface area contributed by atoms with Crippen LogP contribution in [-0.4, -0.2) is 52.8 Å². The average molecular weight is 339 g/mol. The van der Waals surface area contributed by atoms with Crippen LogP contribution in [0.15, 0.2) is 47.3 Å². The Morgan fingerprint density at radius 1 is 1.04 bits per heavy atom. The van der Waals surface area contributed by atoms with E-state index in [2.05, 4.69) is 4.98 Å². The summed E-state index contributed by atoms with van der Waals surface area (Å²) in [5, 5.41) is 0. The monoisotopic (exact) mass is 339 g/mol. The largest absolute Gasteiger partial charge is 0.459 e. The SMILES string of the molecule is O=C(c1cccnc1)N1CCC2(CCCN(C(=O)c3ccco3)C2)C1. The molecule has 2 saturated heterocycles. The normalized spacial score (nSPS) is 23.2. The fourth-order valence-corrected chi connectivity index (χ4v) is 4.05. The van der Waals surface area contributed by atoms with E-state index < -0.39 is 0 Å². The summed E-state index contributed by atoms with van der Waals surface area (Å²) in [4.78, 5) is 33.1. The summed E-state index contributed by atoms with van der Waals surface area (Å²) in [5.41, 5.74) is 0.622. The molecule has 0 N–H and O–H groups in total. The van der Waals surface area contributed by atoms with Gasteiger partial charge in [-0.05, 0) is 43.5 Å². The van der Waals surface area contributed by atoms with Gasteiger partial charge in [0.1, 0.15) is 0 Å². The van der Waals surface area contributed by atoms with Crippen molar-refractivity contribution in [3.8, 4) is 0 Å². The number of hydrogen-bond donors (Lipinski definition) is 0. The van der Waals surface area contributed by atoms with Crippen molar-refractivity contribution in [3.63, 3.8) is 0 Å². The predicted octanol–water partition coefficient (Wildman–Crippen LogP) is 2.44. The molecule has 25 heavy (non-hydrogen) atoms. The van der Waals surface area contributed by atoms with Crippen molar-refractivity contribution < 1.29 is 14.0 Å². The van der Waals surface area contributed by atoms with Gasteiger partial charge in [0.2, 0.25) is 0 Å². The van der Waals surface area contributed by atoms with Crippen LogP contribution in [0.2, 0.25) is 0 Å². The third-order valence-corrected chi connectivity index (χ3v) is 5.31. The maximum atomic E-state index is 12.7. The molecule has 0 aliphatic carbocycles. The molecule has 130 valence electrons. The third-order valence-electron chi connectivity index (χ3n) is 5.31. The molecule has 2 fully saturated rings. The highest BCUT2D eigenvalue weighted by atomic mass is 16.3. The minimum Gasteiger partial charge on any atom is -0.459 e. The highest BCUT2D eigenvalue weighted by molar-refractivity contribution is 5.94. The molecule has 2 amide bonds. The first-order valence-electron chi connectivity index (χ1n) is 8.69. The lowest BCUT2D eigenvalue weighted by Crippen LogP contribution is -2.47. The molecule has 6 heteroatoms. The molecule has 4 rings (SSSR count). The number of piperidine rings is 1. The van der Waals surface area contributed by atoms with Crippen LogP contribution in [0.3, 0.4) is 0 Å². The number of carbonyl (C=O) groups excluding carboxylic acids is 2. The Kier molecular flexibility index (Phi) is 4.03. The summed E-state index contributed by atoms with van der Waals surface area (Å²) in [6.45, 7) is 2.86. The highest BCUT2D eigenvalue weighted by Gasteiger charge is 2.44. The van der Waals surface area contributed by atoms with E-state index in [0.717, 1.165) is 32.4 Å². The van der Waals surface area contributed by atoms with Crippen molar-refractivity contribution in [3.05, 3.63) is 54.2 Å². The number of furan rings is 1. The average Bonchev–Trinajstić information content (AvgIpc) is 3.32. The van der Waals surface area contributed by atoms with Gasteiger partial charge in [-0.2, -0.15) is 0 Å². The van der Waals surface area contributed by atoms with Gasteiger partial charge in [-0.1, -0.05) is 0 Å². The van der Waals surface area contributed by atoms with Gasteiger partial charge in [0.25, 0.3) is 11.8 Å². The number of carbonyl (C=O) groups is 2. The molecule has 2 aromatic rings. The van der Waals surface area contributed by atoms with E-state index in [1.165, 1.54) is 6.26 Å². The molecular weight excluding hydrogens is 318 g/mol. The maximum Gasteiger partial charge on any atom is 0.289 e. The van der Waals surface area contributed by atoms with E-state index in [1.807, 2.05) is 9.80 Å². The molecule has 2 aliphatic heterocycles. The second kappa shape index (κ2) is 6.35. The van der Waals surface area contributed by atoms with Crippen LogP contribution in [0.25, 0.3) is 0 Å². The molecule has 1 spiro atoms. The van der Waals surface area contributed by atoms with Crippen LogP contribution in [-0.2, 0) is 0 Å². The van der Waals surface area contributed by atoms with Gasteiger partial charge < -0.3 is 14.2 Å². The highest BCUT2D eigenvalue weighted by Crippen LogP contribution is 2.39. The van der Waals surface area contributed by atoms with Crippen molar-refractivity contribution in [1.29, 1.82) is 0 Å². The third kappa shape index (κ3) is 3.04. The molecule has 1 atom stereocenters. The van der Waals surface area contributed by atoms with Crippen LogP contribution in [0.4, 0.5) is 0 Å². The fraction of sp³-hybridized carbons (Fsp3) is 0.421. The first kappa shape index (κ1) is 15.9. The van der Waals surface area contributed by atoms with Gasteiger partial charge >= 0.3 is 0 Å². The Morgan fingerprint density at radius 3 is 2.60 bits per heavy atom. The van der Waals surface area contributed by atoms with Crippen molar-refractivity contribution in [2.75, 3.05) is 26.2 Å². The molecule has 0 radical (unpaired) electrons. The number of likely N-dealkylation sites (tertiary alicyclic amines) is 2. The van der Waals surface area contributed by atoms with E-state index in [-0.39, 0.29) is 17.2 Å². The lowest BCUT2D eigenvalue weighted by Gasteiger charge is -2.40. The van der Waals surface area contributed by atoms with E-state index in [9.17, 15) is 9.59 Å². The number of pyridine rings is 1. The number of aromatic nitrogens is 1. The predicted molar refractivity (Wildman–Crippen MR) is 91.0 cm³/mol. The first-order chi connectivity index (χ1) is 12.2. The minimum absolute atomic E-state index is 0.00162. The number of hydrogen-bond acceptors (Lipinski definition) is 4. The van der Waals surface area contributed by atoms with E-state index in [1.54, 1.807) is 36.7 Å². The van der Waals surface area contributed by atoms with E-state index in [4.69, 9.17) is 4.42 Å². The molecule has 1 unspecified atom stereocenters. The van der Waals surface area contributed by atoms with Crippen LogP contribution in [0.1, 0.15) is 40.2 Å². The molecule has 0 saturated carbocycles. The molecule has 4 heterocycles. The summed E-state index contributed by atoms with van der Waals surface area (Å²) in [6.07, 6.45) is 7.74. The topological polar surface area (TPSA) is 66.7 Å². The summed E-state index contributed by atoms with van der Waals surface area (Å²) in [6, 6.07) is 7.02. The summed E-state index contributed by atoms with van der Waals surface area (Å²) in [7, 11) is 0. The number of nitrogens with zero attached hydrogens (tertiary/aromatic N) is 3. The van der Waals surface area contributed by atoms with Gasteiger partial charge in [-0.15, -0.1) is 0 Å². The number of amides is 2. The molecule has 0 bridgehead atoms. The Bertz CT molecular complexity index is 759. The molecule has 6 nitrogen and oxygen atoms in total. The lowest BCUT2D eigenvalue weighted by molar-refractivity contribution is 0.0489. The summed E-state index contributed by atoms with van der Waals surface area (Å²) in [5.74, 6) is 0.360. The standard InChI is InChI=1S/C19H21N3O3/c23-17(15-4-1-8-20-12-15)22-10-7-19(14-22)6-3-9-21(13-19)18(24)16-5-2-11-25-16/h1-2,4-5,8,11-12H,3,6-7,9-10,13-14H2. The zero-order valence-electron chi connectivity index (χ0n) is 14.1. The molecule has 0 aromatic carbocycles. The number of rotatable bonds is 2. The van der Waals surface area contributed by atoms with Crippen LogP contribution in [0.5, 0.6) is 0 Å². The maximum absolute atomic E-state index is 12.7. The first-order valence-corrected chi connectivity index (χ1v) is 8.69. The zero-order valence-corrected chi connectivity index (χ0v) is 14.1. The summed E-state index contributed by atoms with van der Waals surface area (Å²) < 4.78 is 5.25. The quantitative estimate of drug-likeness (QED) is 0.843. The Morgan fingerprint density at radius 2 is 1.88 bits per heavy atom. The minimum atomic E-state index is -0.0545. The molecule has 2 aliphatic rings. The van der Waals surface area contributed by atoms with Gasteiger partial charge in [-0.25, -0.2) is 0 Å². The smallest absolute Gasteiger partial charge is 0.289 e. The van der Waals surface area contributed by atoms with Crippen molar-refractivity contribution in [2.24, 2.45) is 5.41 Å². The Balaban J connectivity index is 1.46. The van der Waals surface area contributed by atoms with Crippen molar-refractivity contribution in [1.82, 2.24) is 14.8 Å². The van der Waals surface area contributed by atoms with Gasteiger partial charge in [0.15, 0.2) is 5.76 Å².